The third-order valence-electron chi connectivity index (χ3n) is 8.25. The predicted octanol–water partition coefficient (Wildman–Crippen LogP) is 2.66. The number of likely N-dealkylation sites (tertiary alicyclic amines) is 1. The van der Waals surface area contributed by atoms with Gasteiger partial charge in [0, 0.05) is 24.7 Å². The van der Waals surface area contributed by atoms with Crippen LogP contribution in [-0.2, 0) is 4.79 Å². The number of carbonyl (C=O) groups excluding carboxylic acids is 1. The van der Waals surface area contributed by atoms with Gasteiger partial charge in [-0.15, -0.1) is 0 Å². The van der Waals surface area contributed by atoms with Crippen LogP contribution in [-0.4, -0.2) is 58.4 Å². The molecule has 32 heavy (non-hydrogen) atoms. The molecule has 2 saturated carbocycles. The molecule has 4 N–H and O–H groups in total. The van der Waals surface area contributed by atoms with Crippen LogP contribution in [0.25, 0.3) is 0 Å². The summed E-state index contributed by atoms with van der Waals surface area (Å²) in [4.78, 5) is 25.5. The number of aromatic nitrogens is 1. The van der Waals surface area contributed by atoms with Crippen molar-refractivity contribution >= 4 is 23.2 Å². The standard InChI is InChI=1S/C24H35N7O/c32-22(20-17-9-3-4-10-18(17)29-30-20)31-14-6-12-24(15-31)23(26-16-7-1-2-8-16)27-21-19(28-24)11-5-13-25-21/h5,11,13,16-18,20,28-30H,1-4,6-10,12,14-15H2,(H,25,26,27). The maximum Gasteiger partial charge on any atom is 0.241 e. The number of nitrogens with one attached hydrogen (secondary N) is 4. The van der Waals surface area contributed by atoms with Gasteiger partial charge in [-0.1, -0.05) is 25.7 Å². The van der Waals surface area contributed by atoms with Crippen molar-refractivity contribution in [3.05, 3.63) is 18.3 Å². The molecule has 4 unspecified atom stereocenters. The van der Waals surface area contributed by atoms with Crippen molar-refractivity contribution in [3.63, 3.8) is 0 Å². The number of nitrogens with zero attached hydrogens (tertiary/aromatic N) is 3. The van der Waals surface area contributed by atoms with Crippen LogP contribution in [0.5, 0.6) is 0 Å². The van der Waals surface area contributed by atoms with E-state index in [0.29, 0.717) is 24.5 Å². The van der Waals surface area contributed by atoms with Gasteiger partial charge >= 0.3 is 0 Å². The summed E-state index contributed by atoms with van der Waals surface area (Å²) < 4.78 is 0. The Morgan fingerprint density at radius 2 is 1.94 bits per heavy atom. The van der Waals surface area contributed by atoms with E-state index >= 15 is 0 Å². The first kappa shape index (κ1) is 20.4. The number of hydrogen-bond acceptors (Lipinski definition) is 6. The maximum absolute atomic E-state index is 13.7. The van der Waals surface area contributed by atoms with E-state index in [1.165, 1.54) is 32.1 Å². The summed E-state index contributed by atoms with van der Waals surface area (Å²) in [6, 6.07) is 4.72. The molecule has 1 spiro atoms. The molecule has 0 bridgehead atoms. The Kier molecular flexibility index (Phi) is 5.30. The normalized spacial score (nSPS) is 35.9. The zero-order valence-corrected chi connectivity index (χ0v) is 18.8. The molecule has 0 radical (unpaired) electrons. The van der Waals surface area contributed by atoms with Gasteiger partial charge in [-0.2, -0.15) is 0 Å². The minimum atomic E-state index is -0.371. The lowest BCUT2D eigenvalue weighted by Gasteiger charge is -2.47. The molecule has 8 nitrogen and oxygen atoms in total. The largest absolute Gasteiger partial charge is 0.368 e. The Balaban J connectivity index is 1.28. The molecule has 8 heteroatoms. The molecule has 5 aliphatic rings. The minimum Gasteiger partial charge on any atom is -0.368 e. The topological polar surface area (TPSA) is 93.7 Å². The summed E-state index contributed by atoms with van der Waals surface area (Å²) in [5.41, 5.74) is 7.40. The fraction of sp³-hybridized carbons (Fsp3) is 0.708. The summed E-state index contributed by atoms with van der Waals surface area (Å²) in [5, 5.41) is 7.35. The van der Waals surface area contributed by atoms with E-state index in [1.807, 2.05) is 12.3 Å². The zero-order chi connectivity index (χ0) is 21.5. The van der Waals surface area contributed by atoms with E-state index < -0.39 is 0 Å². The molecule has 1 amide bonds. The Labute approximate surface area is 190 Å². The number of carbonyl (C=O) groups is 1. The SMILES string of the molecule is O=C(C1NNC2CCCCC21)N1CCCC2(C1)Nc1cccnc1NC2=NC1CCCC1. The first-order valence-electron chi connectivity index (χ1n) is 12.6. The number of hydrogen-bond donors (Lipinski definition) is 4. The van der Waals surface area contributed by atoms with Crippen molar-refractivity contribution in [1.29, 1.82) is 0 Å². The van der Waals surface area contributed by atoms with Gasteiger partial charge in [0.2, 0.25) is 5.91 Å². The van der Waals surface area contributed by atoms with Gasteiger partial charge < -0.3 is 15.5 Å². The molecule has 3 aliphatic heterocycles. The number of aliphatic imine (C=N–C) groups is 1. The smallest absolute Gasteiger partial charge is 0.241 e. The van der Waals surface area contributed by atoms with Gasteiger partial charge in [-0.05, 0) is 50.7 Å². The summed E-state index contributed by atoms with van der Waals surface area (Å²) in [6.07, 6.45) is 13.3. The first-order valence-corrected chi connectivity index (χ1v) is 12.6. The fourth-order valence-corrected chi connectivity index (χ4v) is 6.55. The summed E-state index contributed by atoms with van der Waals surface area (Å²) >= 11 is 0. The molecule has 4 atom stereocenters. The third kappa shape index (κ3) is 3.57. The molecule has 2 aliphatic carbocycles. The van der Waals surface area contributed by atoms with Crippen LogP contribution in [0, 0.1) is 5.92 Å². The fourth-order valence-electron chi connectivity index (χ4n) is 6.55. The number of rotatable bonds is 2. The van der Waals surface area contributed by atoms with Crippen molar-refractivity contribution < 1.29 is 4.79 Å². The quantitative estimate of drug-likeness (QED) is 0.568. The highest BCUT2D eigenvalue weighted by atomic mass is 16.2. The Morgan fingerprint density at radius 1 is 1.09 bits per heavy atom. The number of hydrazine groups is 1. The van der Waals surface area contributed by atoms with Crippen molar-refractivity contribution in [2.45, 2.75) is 87.9 Å². The predicted molar refractivity (Wildman–Crippen MR) is 126 cm³/mol. The summed E-state index contributed by atoms with van der Waals surface area (Å²) in [7, 11) is 0. The molecule has 1 aromatic rings. The van der Waals surface area contributed by atoms with Gasteiger partial charge in [0.15, 0.2) is 5.82 Å². The van der Waals surface area contributed by atoms with Crippen LogP contribution < -0.4 is 21.5 Å². The van der Waals surface area contributed by atoms with Crippen LogP contribution >= 0.6 is 0 Å². The lowest BCUT2D eigenvalue weighted by atomic mass is 9.80. The Hall–Kier alpha value is -2.19. The Morgan fingerprint density at radius 3 is 2.84 bits per heavy atom. The molecule has 172 valence electrons. The molecule has 6 rings (SSSR count). The second-order valence-corrected chi connectivity index (χ2v) is 10.3. The minimum absolute atomic E-state index is 0.115. The molecule has 4 fully saturated rings. The van der Waals surface area contributed by atoms with Gasteiger partial charge in [0.05, 0.1) is 18.3 Å². The van der Waals surface area contributed by atoms with Crippen molar-refractivity contribution in [2.75, 3.05) is 23.7 Å². The maximum atomic E-state index is 13.7. The van der Waals surface area contributed by atoms with E-state index in [9.17, 15) is 4.79 Å². The average molecular weight is 438 g/mol. The van der Waals surface area contributed by atoms with Gasteiger partial charge in [-0.3, -0.25) is 15.2 Å². The molecule has 2 saturated heterocycles. The van der Waals surface area contributed by atoms with E-state index in [-0.39, 0.29) is 17.5 Å². The van der Waals surface area contributed by atoms with Gasteiger partial charge in [0.1, 0.15) is 17.4 Å². The lowest BCUT2D eigenvalue weighted by Crippen LogP contribution is -2.64. The number of anilines is 2. The third-order valence-corrected chi connectivity index (χ3v) is 8.25. The highest BCUT2D eigenvalue weighted by Crippen LogP contribution is 2.37. The van der Waals surface area contributed by atoms with Crippen LogP contribution in [0.1, 0.15) is 64.2 Å². The van der Waals surface area contributed by atoms with Crippen molar-refractivity contribution in [1.82, 2.24) is 20.7 Å². The van der Waals surface area contributed by atoms with Crippen LogP contribution in [0.3, 0.4) is 0 Å². The lowest BCUT2D eigenvalue weighted by molar-refractivity contribution is -0.135. The molecule has 0 aromatic carbocycles. The average Bonchev–Trinajstić information content (AvgIpc) is 3.49. The Bertz CT molecular complexity index is 898. The monoisotopic (exact) mass is 437 g/mol. The second kappa shape index (κ2) is 8.30. The molecular weight excluding hydrogens is 402 g/mol. The van der Waals surface area contributed by atoms with Crippen LogP contribution in [0.15, 0.2) is 23.3 Å². The zero-order valence-electron chi connectivity index (χ0n) is 18.8. The number of pyridine rings is 1. The number of amides is 1. The molecular formula is C24H35N7O. The van der Waals surface area contributed by atoms with E-state index in [2.05, 4.69) is 37.4 Å². The van der Waals surface area contributed by atoms with Gasteiger partial charge in [0.25, 0.3) is 0 Å². The summed E-state index contributed by atoms with van der Waals surface area (Å²) in [6.45, 7) is 1.46. The van der Waals surface area contributed by atoms with Crippen molar-refractivity contribution in [3.8, 4) is 0 Å². The summed E-state index contributed by atoms with van der Waals surface area (Å²) in [5.74, 6) is 2.46. The van der Waals surface area contributed by atoms with Crippen LogP contribution in [0.2, 0.25) is 0 Å². The molecule has 1 aromatic heterocycles. The van der Waals surface area contributed by atoms with E-state index in [1.54, 1.807) is 0 Å². The van der Waals surface area contributed by atoms with E-state index in [4.69, 9.17) is 4.99 Å². The van der Waals surface area contributed by atoms with E-state index in [0.717, 1.165) is 56.0 Å². The van der Waals surface area contributed by atoms with Crippen LogP contribution in [0.4, 0.5) is 11.5 Å². The number of piperidine rings is 1. The second-order valence-electron chi connectivity index (χ2n) is 10.3. The van der Waals surface area contributed by atoms with Crippen molar-refractivity contribution in [2.24, 2.45) is 10.9 Å². The number of amidine groups is 1. The molecule has 4 heterocycles. The highest BCUT2D eigenvalue weighted by Gasteiger charge is 2.48. The highest BCUT2D eigenvalue weighted by molar-refractivity contribution is 6.09. The first-order chi connectivity index (χ1) is 15.7. The number of fused-ring (bicyclic) bond motifs is 2. The van der Waals surface area contributed by atoms with Gasteiger partial charge in [-0.25, -0.2) is 10.4 Å².